The SMILES string of the molecule is CCC1(C)NC(=O)CN(c2cc(Cl)cc(Cl)c2)C1=O. The fourth-order valence-corrected chi connectivity index (χ4v) is 2.57. The number of hydrogen-bond donors (Lipinski definition) is 1. The molecule has 1 fully saturated rings. The molecule has 1 aliphatic heterocycles. The predicted molar refractivity (Wildman–Crippen MR) is 75.7 cm³/mol. The molecule has 1 atom stereocenters. The first kappa shape index (κ1) is 14.2. The summed E-state index contributed by atoms with van der Waals surface area (Å²) in [5.41, 5.74) is -0.346. The summed E-state index contributed by atoms with van der Waals surface area (Å²) in [6.45, 7) is 3.54. The number of nitrogens with zero attached hydrogens (tertiary/aromatic N) is 1. The average Bonchev–Trinajstić information content (AvgIpc) is 2.32. The van der Waals surface area contributed by atoms with Crippen LogP contribution < -0.4 is 10.2 Å². The van der Waals surface area contributed by atoms with Crippen LogP contribution >= 0.6 is 23.2 Å². The molecule has 2 rings (SSSR count). The lowest BCUT2D eigenvalue weighted by Crippen LogP contribution is -2.65. The van der Waals surface area contributed by atoms with Crippen LogP contribution in [-0.4, -0.2) is 23.9 Å². The number of carbonyl (C=O) groups is 2. The molecule has 4 nitrogen and oxygen atoms in total. The van der Waals surface area contributed by atoms with Gasteiger partial charge in [-0.3, -0.25) is 9.59 Å². The van der Waals surface area contributed by atoms with Crippen LogP contribution in [0.1, 0.15) is 20.3 Å². The molecule has 1 unspecified atom stereocenters. The number of rotatable bonds is 2. The van der Waals surface area contributed by atoms with E-state index in [1.807, 2.05) is 6.92 Å². The zero-order chi connectivity index (χ0) is 14.2. The summed E-state index contributed by atoms with van der Waals surface area (Å²) in [6, 6.07) is 4.83. The maximum Gasteiger partial charge on any atom is 0.252 e. The van der Waals surface area contributed by atoms with Gasteiger partial charge in [-0.1, -0.05) is 30.1 Å². The second-order valence-corrected chi connectivity index (χ2v) is 5.63. The van der Waals surface area contributed by atoms with Crippen LogP contribution in [0, 0.1) is 0 Å². The van der Waals surface area contributed by atoms with Gasteiger partial charge >= 0.3 is 0 Å². The van der Waals surface area contributed by atoms with Crippen molar-refractivity contribution in [3.8, 4) is 0 Å². The molecule has 0 saturated carbocycles. The molecule has 2 amide bonds. The molecular weight excluding hydrogens is 287 g/mol. The van der Waals surface area contributed by atoms with E-state index in [2.05, 4.69) is 5.32 Å². The molecule has 0 bridgehead atoms. The number of piperazine rings is 1. The van der Waals surface area contributed by atoms with Crippen molar-refractivity contribution in [2.45, 2.75) is 25.8 Å². The van der Waals surface area contributed by atoms with Gasteiger partial charge in [0, 0.05) is 15.7 Å². The number of anilines is 1. The summed E-state index contributed by atoms with van der Waals surface area (Å²) in [7, 11) is 0. The van der Waals surface area contributed by atoms with E-state index in [0.29, 0.717) is 22.2 Å². The van der Waals surface area contributed by atoms with Crippen LogP contribution in [0.2, 0.25) is 10.0 Å². The van der Waals surface area contributed by atoms with Gasteiger partial charge < -0.3 is 10.2 Å². The minimum atomic E-state index is -0.885. The van der Waals surface area contributed by atoms with Crippen molar-refractivity contribution in [3.05, 3.63) is 28.2 Å². The molecule has 1 saturated heterocycles. The second kappa shape index (κ2) is 5.02. The fourth-order valence-electron chi connectivity index (χ4n) is 2.06. The Bertz CT molecular complexity index is 527. The van der Waals surface area contributed by atoms with Crippen molar-refractivity contribution in [2.75, 3.05) is 11.4 Å². The molecule has 0 radical (unpaired) electrons. The first-order chi connectivity index (χ1) is 8.85. The van der Waals surface area contributed by atoms with Crippen LogP contribution in [0.15, 0.2) is 18.2 Å². The minimum Gasteiger partial charge on any atom is -0.340 e. The Labute approximate surface area is 121 Å². The Balaban J connectivity index is 2.43. The quantitative estimate of drug-likeness (QED) is 0.913. The summed E-state index contributed by atoms with van der Waals surface area (Å²) < 4.78 is 0. The van der Waals surface area contributed by atoms with E-state index in [1.165, 1.54) is 4.90 Å². The molecule has 102 valence electrons. The molecule has 1 aliphatic rings. The summed E-state index contributed by atoms with van der Waals surface area (Å²) in [5.74, 6) is -0.354. The Morgan fingerprint density at radius 2 is 1.84 bits per heavy atom. The van der Waals surface area contributed by atoms with Gasteiger partial charge in [-0.05, 0) is 31.5 Å². The van der Waals surface area contributed by atoms with Crippen LogP contribution in [0.3, 0.4) is 0 Å². The van der Waals surface area contributed by atoms with E-state index in [1.54, 1.807) is 25.1 Å². The average molecular weight is 301 g/mol. The molecule has 0 aromatic heterocycles. The largest absolute Gasteiger partial charge is 0.340 e. The summed E-state index contributed by atoms with van der Waals surface area (Å²) in [6.07, 6.45) is 0.516. The zero-order valence-electron chi connectivity index (χ0n) is 10.7. The highest BCUT2D eigenvalue weighted by Gasteiger charge is 2.42. The van der Waals surface area contributed by atoms with Crippen molar-refractivity contribution in [3.63, 3.8) is 0 Å². The van der Waals surface area contributed by atoms with Gasteiger partial charge in [0.2, 0.25) is 5.91 Å². The Morgan fingerprint density at radius 3 is 2.37 bits per heavy atom. The van der Waals surface area contributed by atoms with Gasteiger partial charge in [0.05, 0.1) is 0 Å². The van der Waals surface area contributed by atoms with E-state index in [-0.39, 0.29) is 18.4 Å². The van der Waals surface area contributed by atoms with Crippen molar-refractivity contribution in [1.29, 1.82) is 0 Å². The molecule has 0 spiro atoms. The fraction of sp³-hybridized carbons (Fsp3) is 0.385. The smallest absolute Gasteiger partial charge is 0.252 e. The van der Waals surface area contributed by atoms with Crippen molar-refractivity contribution < 1.29 is 9.59 Å². The van der Waals surface area contributed by atoms with Gasteiger partial charge in [0.15, 0.2) is 0 Å². The summed E-state index contributed by atoms with van der Waals surface area (Å²) in [5, 5.41) is 3.59. The van der Waals surface area contributed by atoms with Crippen molar-refractivity contribution in [1.82, 2.24) is 5.32 Å². The lowest BCUT2D eigenvalue weighted by atomic mass is 9.94. The van der Waals surface area contributed by atoms with E-state index < -0.39 is 5.54 Å². The number of halogens is 2. The number of amides is 2. The molecule has 0 aliphatic carbocycles. The first-order valence-electron chi connectivity index (χ1n) is 5.95. The number of benzene rings is 1. The van der Waals surface area contributed by atoms with E-state index >= 15 is 0 Å². The lowest BCUT2D eigenvalue weighted by Gasteiger charge is -2.39. The highest BCUT2D eigenvalue weighted by molar-refractivity contribution is 6.35. The third-order valence-corrected chi connectivity index (χ3v) is 3.74. The van der Waals surface area contributed by atoms with Gasteiger partial charge in [-0.15, -0.1) is 0 Å². The molecule has 1 N–H and O–H groups in total. The van der Waals surface area contributed by atoms with Crippen LogP contribution in [0.4, 0.5) is 5.69 Å². The first-order valence-corrected chi connectivity index (χ1v) is 6.70. The summed E-state index contributed by atoms with van der Waals surface area (Å²) in [4.78, 5) is 25.7. The van der Waals surface area contributed by atoms with Gasteiger partial charge in [-0.25, -0.2) is 0 Å². The third kappa shape index (κ3) is 2.69. The van der Waals surface area contributed by atoms with Crippen LogP contribution in [0.25, 0.3) is 0 Å². The number of carbonyl (C=O) groups excluding carboxylic acids is 2. The van der Waals surface area contributed by atoms with E-state index in [4.69, 9.17) is 23.2 Å². The van der Waals surface area contributed by atoms with Crippen molar-refractivity contribution >= 4 is 40.7 Å². The van der Waals surface area contributed by atoms with Crippen LogP contribution in [0.5, 0.6) is 0 Å². The minimum absolute atomic E-state index is 0.0227. The zero-order valence-corrected chi connectivity index (χ0v) is 12.2. The molecule has 19 heavy (non-hydrogen) atoms. The lowest BCUT2D eigenvalue weighted by molar-refractivity contribution is -0.135. The van der Waals surface area contributed by atoms with Gasteiger partial charge in [0.1, 0.15) is 12.1 Å². The maximum atomic E-state index is 12.5. The van der Waals surface area contributed by atoms with Crippen LogP contribution in [-0.2, 0) is 9.59 Å². The summed E-state index contributed by atoms with van der Waals surface area (Å²) >= 11 is 11.9. The standard InChI is InChI=1S/C13H14Cl2N2O2/c1-3-13(2)12(19)17(7-11(18)16-13)10-5-8(14)4-9(15)6-10/h4-6H,3,7H2,1-2H3,(H,16,18). The van der Waals surface area contributed by atoms with E-state index in [0.717, 1.165) is 0 Å². The van der Waals surface area contributed by atoms with Gasteiger partial charge in [0.25, 0.3) is 5.91 Å². The molecule has 1 heterocycles. The molecule has 6 heteroatoms. The highest BCUT2D eigenvalue weighted by atomic mass is 35.5. The van der Waals surface area contributed by atoms with Gasteiger partial charge in [-0.2, -0.15) is 0 Å². The number of hydrogen-bond acceptors (Lipinski definition) is 2. The monoisotopic (exact) mass is 300 g/mol. The third-order valence-electron chi connectivity index (χ3n) is 3.30. The Morgan fingerprint density at radius 1 is 1.26 bits per heavy atom. The maximum absolute atomic E-state index is 12.5. The van der Waals surface area contributed by atoms with E-state index in [9.17, 15) is 9.59 Å². The second-order valence-electron chi connectivity index (χ2n) is 4.75. The normalized spacial score (nSPS) is 23.5. The Hall–Kier alpha value is -1.26. The van der Waals surface area contributed by atoms with Crippen molar-refractivity contribution in [2.24, 2.45) is 0 Å². The molecule has 1 aromatic rings. The predicted octanol–water partition coefficient (Wildman–Crippen LogP) is 2.62. The number of nitrogens with one attached hydrogen (secondary N) is 1. The topological polar surface area (TPSA) is 49.4 Å². The molecular formula is C13H14Cl2N2O2. The molecule has 1 aromatic carbocycles. The Kier molecular flexibility index (Phi) is 3.74. The highest BCUT2D eigenvalue weighted by Crippen LogP contribution is 2.29.